The first kappa shape index (κ1) is 14.9. The summed E-state index contributed by atoms with van der Waals surface area (Å²) in [6, 6.07) is 15.3. The number of amides is 1. The Bertz CT molecular complexity index is 606. The van der Waals surface area contributed by atoms with Crippen LogP contribution >= 0.6 is 0 Å². The van der Waals surface area contributed by atoms with Gasteiger partial charge in [-0.25, -0.2) is 0 Å². The van der Waals surface area contributed by atoms with Crippen molar-refractivity contribution in [2.75, 3.05) is 31.4 Å². The second-order valence-corrected chi connectivity index (χ2v) is 5.02. The average molecular weight is 284 g/mol. The van der Waals surface area contributed by atoms with Crippen LogP contribution in [0.5, 0.6) is 5.75 Å². The maximum atomic E-state index is 12.0. The number of methoxy groups -OCH3 is 1. The zero-order valence-electron chi connectivity index (χ0n) is 12.6. The monoisotopic (exact) mass is 284 g/mol. The normalized spacial score (nSPS) is 10.0. The zero-order valence-corrected chi connectivity index (χ0v) is 12.6. The summed E-state index contributed by atoms with van der Waals surface area (Å²) in [5.41, 5.74) is 2.83. The standard InChI is InChI=1S/C17H20N2O2/c1-19(2)15-9-7-14(8-10-15)18-17(20)12-13-5-4-6-16(11-13)21-3/h4-11H,12H2,1-3H3,(H,18,20). The fourth-order valence-corrected chi connectivity index (χ4v) is 2.02. The largest absolute Gasteiger partial charge is 0.497 e. The van der Waals surface area contributed by atoms with Crippen molar-refractivity contribution in [2.45, 2.75) is 6.42 Å². The van der Waals surface area contributed by atoms with E-state index in [0.29, 0.717) is 6.42 Å². The van der Waals surface area contributed by atoms with Gasteiger partial charge in [-0.2, -0.15) is 0 Å². The van der Waals surface area contributed by atoms with Gasteiger partial charge in [-0.1, -0.05) is 12.1 Å². The van der Waals surface area contributed by atoms with E-state index in [2.05, 4.69) is 5.32 Å². The number of benzene rings is 2. The summed E-state index contributed by atoms with van der Waals surface area (Å²) in [7, 11) is 5.58. The summed E-state index contributed by atoms with van der Waals surface area (Å²) in [6.07, 6.45) is 0.326. The van der Waals surface area contributed by atoms with Crippen molar-refractivity contribution in [1.29, 1.82) is 0 Å². The molecule has 0 unspecified atom stereocenters. The first-order valence-corrected chi connectivity index (χ1v) is 6.78. The van der Waals surface area contributed by atoms with Gasteiger partial charge in [0.1, 0.15) is 5.75 Å². The molecule has 4 heteroatoms. The predicted molar refractivity (Wildman–Crippen MR) is 86.1 cm³/mol. The molecule has 0 aromatic heterocycles. The molecule has 0 heterocycles. The molecule has 0 aliphatic rings. The molecule has 1 N–H and O–H groups in total. The van der Waals surface area contributed by atoms with Crippen LogP contribution in [0.15, 0.2) is 48.5 Å². The number of hydrogen-bond acceptors (Lipinski definition) is 3. The van der Waals surface area contributed by atoms with E-state index in [1.807, 2.05) is 67.5 Å². The summed E-state index contributed by atoms with van der Waals surface area (Å²) in [5, 5.41) is 2.90. The van der Waals surface area contributed by atoms with Crippen LogP contribution in [0, 0.1) is 0 Å². The third kappa shape index (κ3) is 4.24. The lowest BCUT2D eigenvalue weighted by Gasteiger charge is -2.13. The summed E-state index contributed by atoms with van der Waals surface area (Å²) in [5.74, 6) is 0.719. The number of carbonyl (C=O) groups excluding carboxylic acids is 1. The van der Waals surface area contributed by atoms with Crippen molar-refractivity contribution in [3.05, 3.63) is 54.1 Å². The molecule has 0 aliphatic carbocycles. The molecule has 2 aromatic rings. The highest BCUT2D eigenvalue weighted by atomic mass is 16.5. The molecule has 0 radical (unpaired) electrons. The Morgan fingerprint density at radius 1 is 1.14 bits per heavy atom. The highest BCUT2D eigenvalue weighted by Gasteiger charge is 2.05. The number of hydrogen-bond donors (Lipinski definition) is 1. The molecule has 4 nitrogen and oxygen atoms in total. The topological polar surface area (TPSA) is 41.6 Å². The van der Waals surface area contributed by atoms with Crippen molar-refractivity contribution in [3.8, 4) is 5.75 Å². The van der Waals surface area contributed by atoms with E-state index in [-0.39, 0.29) is 5.91 Å². The summed E-state index contributed by atoms with van der Waals surface area (Å²) in [4.78, 5) is 14.1. The van der Waals surface area contributed by atoms with Gasteiger partial charge < -0.3 is 15.0 Å². The minimum atomic E-state index is -0.0409. The molecule has 2 aromatic carbocycles. The number of ether oxygens (including phenoxy) is 1. The average Bonchev–Trinajstić information content (AvgIpc) is 2.47. The van der Waals surface area contributed by atoms with Crippen molar-refractivity contribution in [2.24, 2.45) is 0 Å². The third-order valence-electron chi connectivity index (χ3n) is 3.17. The van der Waals surface area contributed by atoms with Gasteiger partial charge in [0.15, 0.2) is 0 Å². The number of nitrogens with zero attached hydrogens (tertiary/aromatic N) is 1. The fourth-order valence-electron chi connectivity index (χ4n) is 2.02. The summed E-state index contributed by atoms with van der Waals surface area (Å²) >= 11 is 0. The Morgan fingerprint density at radius 3 is 2.48 bits per heavy atom. The van der Waals surface area contributed by atoms with Crippen LogP contribution < -0.4 is 15.0 Å². The van der Waals surface area contributed by atoms with Crippen LogP contribution in [-0.4, -0.2) is 27.1 Å². The minimum Gasteiger partial charge on any atom is -0.497 e. The SMILES string of the molecule is COc1cccc(CC(=O)Nc2ccc(N(C)C)cc2)c1. The zero-order chi connectivity index (χ0) is 15.2. The highest BCUT2D eigenvalue weighted by molar-refractivity contribution is 5.92. The van der Waals surface area contributed by atoms with E-state index in [4.69, 9.17) is 4.74 Å². The molecule has 2 rings (SSSR count). The van der Waals surface area contributed by atoms with E-state index < -0.39 is 0 Å². The molecule has 0 saturated carbocycles. The number of nitrogens with one attached hydrogen (secondary N) is 1. The summed E-state index contributed by atoms with van der Waals surface area (Å²) in [6.45, 7) is 0. The second-order valence-electron chi connectivity index (χ2n) is 5.02. The maximum absolute atomic E-state index is 12.0. The van der Waals surface area contributed by atoms with Crippen molar-refractivity contribution >= 4 is 17.3 Å². The van der Waals surface area contributed by atoms with Gasteiger partial charge in [0.2, 0.25) is 5.91 Å². The van der Waals surface area contributed by atoms with Crippen LogP contribution in [0.3, 0.4) is 0 Å². The maximum Gasteiger partial charge on any atom is 0.228 e. The first-order chi connectivity index (χ1) is 10.1. The Kier molecular flexibility index (Phi) is 4.82. The number of rotatable bonds is 5. The Balaban J connectivity index is 1.97. The van der Waals surface area contributed by atoms with Crippen LogP contribution in [0.25, 0.3) is 0 Å². The lowest BCUT2D eigenvalue weighted by molar-refractivity contribution is -0.115. The van der Waals surface area contributed by atoms with E-state index in [0.717, 1.165) is 22.7 Å². The van der Waals surface area contributed by atoms with Gasteiger partial charge in [0.25, 0.3) is 0 Å². The van der Waals surface area contributed by atoms with E-state index in [1.54, 1.807) is 7.11 Å². The molecule has 0 aliphatic heterocycles. The van der Waals surface area contributed by atoms with Gasteiger partial charge in [0, 0.05) is 25.5 Å². The van der Waals surface area contributed by atoms with Gasteiger partial charge >= 0.3 is 0 Å². The first-order valence-electron chi connectivity index (χ1n) is 6.78. The fraction of sp³-hybridized carbons (Fsp3) is 0.235. The molecule has 110 valence electrons. The van der Waals surface area contributed by atoms with E-state index >= 15 is 0 Å². The van der Waals surface area contributed by atoms with Crippen molar-refractivity contribution in [1.82, 2.24) is 0 Å². The van der Waals surface area contributed by atoms with Crippen LogP contribution in [-0.2, 0) is 11.2 Å². The Morgan fingerprint density at radius 2 is 1.86 bits per heavy atom. The molecule has 1 amide bonds. The van der Waals surface area contributed by atoms with Crippen molar-refractivity contribution in [3.63, 3.8) is 0 Å². The molecular weight excluding hydrogens is 264 g/mol. The van der Waals surface area contributed by atoms with Crippen LogP contribution in [0.1, 0.15) is 5.56 Å². The van der Waals surface area contributed by atoms with E-state index in [9.17, 15) is 4.79 Å². The summed E-state index contributed by atoms with van der Waals surface area (Å²) < 4.78 is 5.15. The molecule has 0 fully saturated rings. The molecule has 0 atom stereocenters. The Hall–Kier alpha value is -2.49. The van der Waals surface area contributed by atoms with Gasteiger partial charge in [-0.15, -0.1) is 0 Å². The van der Waals surface area contributed by atoms with Gasteiger partial charge in [-0.3, -0.25) is 4.79 Å². The smallest absolute Gasteiger partial charge is 0.228 e. The van der Waals surface area contributed by atoms with Crippen molar-refractivity contribution < 1.29 is 9.53 Å². The quantitative estimate of drug-likeness (QED) is 0.918. The Labute approximate surface area is 125 Å². The molecule has 21 heavy (non-hydrogen) atoms. The van der Waals surface area contributed by atoms with Crippen LogP contribution in [0.2, 0.25) is 0 Å². The molecule has 0 saturated heterocycles. The molecule has 0 bridgehead atoms. The minimum absolute atomic E-state index is 0.0409. The van der Waals surface area contributed by atoms with E-state index in [1.165, 1.54) is 0 Å². The number of anilines is 2. The lowest BCUT2D eigenvalue weighted by atomic mass is 10.1. The lowest BCUT2D eigenvalue weighted by Crippen LogP contribution is -2.14. The highest BCUT2D eigenvalue weighted by Crippen LogP contribution is 2.17. The van der Waals surface area contributed by atoms with Gasteiger partial charge in [-0.05, 0) is 42.0 Å². The van der Waals surface area contributed by atoms with Crippen LogP contribution in [0.4, 0.5) is 11.4 Å². The van der Waals surface area contributed by atoms with Gasteiger partial charge in [0.05, 0.1) is 13.5 Å². The third-order valence-corrected chi connectivity index (χ3v) is 3.17. The molecular formula is C17H20N2O2. The molecule has 0 spiro atoms. The number of carbonyl (C=O) groups is 1. The second kappa shape index (κ2) is 6.79. The predicted octanol–water partition coefficient (Wildman–Crippen LogP) is 2.94.